The third kappa shape index (κ3) is 2.21. The average Bonchev–Trinajstić information content (AvgIpc) is 2.54. The van der Waals surface area contributed by atoms with Gasteiger partial charge in [-0.2, -0.15) is 0 Å². The molecule has 0 aromatic carbocycles. The molecule has 3 aromatic rings. The van der Waals surface area contributed by atoms with Gasteiger partial charge in [-0.1, -0.05) is 0 Å². The van der Waals surface area contributed by atoms with Gasteiger partial charge in [0.2, 0.25) is 0 Å². The van der Waals surface area contributed by atoms with Gasteiger partial charge in [-0.25, -0.2) is 4.98 Å². The summed E-state index contributed by atoms with van der Waals surface area (Å²) in [4.78, 5) is 26.3. The van der Waals surface area contributed by atoms with Crippen LogP contribution < -0.4 is 4.90 Å². The fourth-order valence-electron chi connectivity index (χ4n) is 1.93. The largest absolute Gasteiger partial charge is 0.309 e. The molecule has 3 heterocycles. The molecule has 0 saturated carbocycles. The zero-order valence-electron chi connectivity index (χ0n) is 10.9. The lowest BCUT2D eigenvalue weighted by atomic mass is 10.2. The number of hydrogen-bond acceptors (Lipinski definition) is 4. The van der Waals surface area contributed by atoms with Crippen LogP contribution in [0.2, 0.25) is 0 Å². The molecule has 5 heteroatoms. The van der Waals surface area contributed by atoms with Gasteiger partial charge in [0.25, 0.3) is 5.91 Å². The first-order valence-corrected chi connectivity index (χ1v) is 6.14. The average molecular weight is 264 g/mol. The SMILES string of the molecule is CN(C(=O)c1ccc2cnccc2n1)c1cccnc1. The number of carbonyl (C=O) groups excluding carboxylic acids is 1. The van der Waals surface area contributed by atoms with E-state index in [0.717, 1.165) is 16.6 Å². The van der Waals surface area contributed by atoms with Crippen molar-refractivity contribution in [1.82, 2.24) is 15.0 Å². The number of pyridine rings is 3. The number of aromatic nitrogens is 3. The lowest BCUT2D eigenvalue weighted by molar-refractivity contribution is 0.0988. The molecular formula is C15H12N4O. The van der Waals surface area contributed by atoms with E-state index < -0.39 is 0 Å². The predicted molar refractivity (Wildman–Crippen MR) is 76.5 cm³/mol. The van der Waals surface area contributed by atoms with Crippen molar-refractivity contribution >= 4 is 22.5 Å². The monoisotopic (exact) mass is 264 g/mol. The van der Waals surface area contributed by atoms with E-state index in [2.05, 4.69) is 15.0 Å². The van der Waals surface area contributed by atoms with E-state index in [9.17, 15) is 4.79 Å². The van der Waals surface area contributed by atoms with E-state index in [0.29, 0.717) is 5.69 Å². The smallest absolute Gasteiger partial charge is 0.276 e. The Kier molecular flexibility index (Phi) is 3.09. The molecule has 0 aliphatic carbocycles. The molecule has 0 radical (unpaired) electrons. The minimum atomic E-state index is -0.170. The maximum absolute atomic E-state index is 12.4. The molecule has 0 atom stereocenters. The van der Waals surface area contributed by atoms with E-state index in [-0.39, 0.29) is 5.91 Å². The zero-order chi connectivity index (χ0) is 13.9. The summed E-state index contributed by atoms with van der Waals surface area (Å²) in [6, 6.07) is 8.96. The van der Waals surface area contributed by atoms with Crippen molar-refractivity contribution in [3.05, 3.63) is 60.8 Å². The number of anilines is 1. The summed E-state index contributed by atoms with van der Waals surface area (Å²) in [5, 5.41) is 0.910. The second-order valence-corrected chi connectivity index (χ2v) is 4.34. The van der Waals surface area contributed by atoms with Crippen LogP contribution >= 0.6 is 0 Å². The van der Waals surface area contributed by atoms with Gasteiger partial charge in [-0.15, -0.1) is 0 Å². The van der Waals surface area contributed by atoms with Crippen LogP contribution in [0.15, 0.2) is 55.1 Å². The fourth-order valence-corrected chi connectivity index (χ4v) is 1.93. The molecule has 0 spiro atoms. The van der Waals surface area contributed by atoms with E-state index in [1.165, 1.54) is 4.90 Å². The molecule has 0 aliphatic rings. The Bertz CT molecular complexity index is 758. The van der Waals surface area contributed by atoms with Crippen LogP contribution in [0.4, 0.5) is 5.69 Å². The number of hydrogen-bond donors (Lipinski definition) is 0. The topological polar surface area (TPSA) is 59.0 Å². The van der Waals surface area contributed by atoms with Crippen molar-refractivity contribution in [1.29, 1.82) is 0 Å². The van der Waals surface area contributed by atoms with Crippen LogP contribution in [-0.2, 0) is 0 Å². The van der Waals surface area contributed by atoms with Gasteiger partial charge in [0.1, 0.15) is 5.69 Å². The maximum atomic E-state index is 12.4. The van der Waals surface area contributed by atoms with Crippen molar-refractivity contribution in [3.63, 3.8) is 0 Å². The molecule has 0 saturated heterocycles. The van der Waals surface area contributed by atoms with Gasteiger partial charge in [0.15, 0.2) is 0 Å². The normalized spacial score (nSPS) is 10.4. The summed E-state index contributed by atoms with van der Waals surface area (Å²) in [6.07, 6.45) is 6.70. The molecule has 3 aromatic heterocycles. The molecular weight excluding hydrogens is 252 g/mol. The fraction of sp³-hybridized carbons (Fsp3) is 0.0667. The van der Waals surface area contributed by atoms with Crippen LogP contribution in [-0.4, -0.2) is 27.9 Å². The molecule has 0 fully saturated rings. The van der Waals surface area contributed by atoms with E-state index in [1.54, 1.807) is 50.0 Å². The Morgan fingerprint density at radius 2 is 1.90 bits per heavy atom. The molecule has 5 nitrogen and oxygen atoms in total. The molecule has 0 bridgehead atoms. The minimum absolute atomic E-state index is 0.170. The molecule has 3 rings (SSSR count). The van der Waals surface area contributed by atoms with Crippen LogP contribution in [0, 0.1) is 0 Å². The van der Waals surface area contributed by atoms with Crippen LogP contribution in [0.5, 0.6) is 0 Å². The minimum Gasteiger partial charge on any atom is -0.309 e. The number of rotatable bonds is 2. The molecule has 98 valence electrons. The number of amides is 1. The second-order valence-electron chi connectivity index (χ2n) is 4.34. The number of fused-ring (bicyclic) bond motifs is 1. The van der Waals surface area contributed by atoms with Gasteiger partial charge in [-0.05, 0) is 30.3 Å². The third-order valence-electron chi connectivity index (χ3n) is 3.05. The van der Waals surface area contributed by atoms with Crippen molar-refractivity contribution in [2.24, 2.45) is 0 Å². The molecule has 20 heavy (non-hydrogen) atoms. The highest BCUT2D eigenvalue weighted by atomic mass is 16.2. The first kappa shape index (κ1) is 12.2. The highest BCUT2D eigenvalue weighted by molar-refractivity contribution is 6.05. The summed E-state index contributed by atoms with van der Waals surface area (Å²) in [6.45, 7) is 0. The van der Waals surface area contributed by atoms with E-state index >= 15 is 0 Å². The predicted octanol–water partition coefficient (Wildman–Crippen LogP) is 2.30. The van der Waals surface area contributed by atoms with Gasteiger partial charge < -0.3 is 4.90 Å². The lowest BCUT2D eigenvalue weighted by Crippen LogP contribution is -2.27. The summed E-state index contributed by atoms with van der Waals surface area (Å²) < 4.78 is 0. The van der Waals surface area contributed by atoms with Crippen molar-refractivity contribution < 1.29 is 4.79 Å². The van der Waals surface area contributed by atoms with Crippen LogP contribution in [0.1, 0.15) is 10.5 Å². The molecule has 0 N–H and O–H groups in total. The van der Waals surface area contributed by atoms with Crippen molar-refractivity contribution in [3.8, 4) is 0 Å². The first-order chi connectivity index (χ1) is 9.75. The quantitative estimate of drug-likeness (QED) is 0.712. The summed E-state index contributed by atoms with van der Waals surface area (Å²) in [7, 11) is 1.71. The highest BCUT2D eigenvalue weighted by Crippen LogP contribution is 2.15. The molecule has 0 unspecified atom stereocenters. The standard InChI is InChI=1S/C15H12N4O/c1-19(12-3-2-7-16-10-12)15(20)14-5-4-11-9-17-8-6-13(11)18-14/h2-10H,1H3. The van der Waals surface area contributed by atoms with E-state index in [1.807, 2.05) is 12.1 Å². The van der Waals surface area contributed by atoms with Gasteiger partial charge in [-0.3, -0.25) is 14.8 Å². The summed E-state index contributed by atoms with van der Waals surface area (Å²) in [5.41, 5.74) is 1.88. The second kappa shape index (κ2) is 5.05. The Morgan fingerprint density at radius 1 is 1.05 bits per heavy atom. The Labute approximate surface area is 115 Å². The lowest BCUT2D eigenvalue weighted by Gasteiger charge is -2.16. The Morgan fingerprint density at radius 3 is 2.70 bits per heavy atom. The Balaban J connectivity index is 1.96. The van der Waals surface area contributed by atoms with E-state index in [4.69, 9.17) is 0 Å². The molecule has 0 aliphatic heterocycles. The molecule has 1 amide bonds. The Hall–Kier alpha value is -2.82. The summed E-state index contributed by atoms with van der Waals surface area (Å²) in [5.74, 6) is -0.170. The van der Waals surface area contributed by atoms with Crippen LogP contribution in [0.25, 0.3) is 10.9 Å². The van der Waals surface area contributed by atoms with Crippen molar-refractivity contribution in [2.75, 3.05) is 11.9 Å². The van der Waals surface area contributed by atoms with Gasteiger partial charge in [0.05, 0.1) is 17.4 Å². The third-order valence-corrected chi connectivity index (χ3v) is 3.05. The first-order valence-electron chi connectivity index (χ1n) is 6.14. The van der Waals surface area contributed by atoms with Crippen LogP contribution in [0.3, 0.4) is 0 Å². The van der Waals surface area contributed by atoms with Gasteiger partial charge >= 0.3 is 0 Å². The maximum Gasteiger partial charge on any atom is 0.276 e. The number of nitrogens with zero attached hydrogens (tertiary/aromatic N) is 4. The number of carbonyl (C=O) groups is 1. The highest BCUT2D eigenvalue weighted by Gasteiger charge is 2.15. The zero-order valence-corrected chi connectivity index (χ0v) is 10.9. The summed E-state index contributed by atoms with van der Waals surface area (Å²) >= 11 is 0. The van der Waals surface area contributed by atoms with Crippen molar-refractivity contribution in [2.45, 2.75) is 0 Å². The van der Waals surface area contributed by atoms with Gasteiger partial charge in [0, 0.05) is 31.0 Å².